The summed E-state index contributed by atoms with van der Waals surface area (Å²) in [5, 5.41) is 5.84. The minimum absolute atomic E-state index is 0.0864. The Balaban J connectivity index is 1.39. The van der Waals surface area contributed by atoms with Gasteiger partial charge in [0.1, 0.15) is 0 Å². The van der Waals surface area contributed by atoms with Crippen molar-refractivity contribution in [3.8, 4) is 0 Å². The highest BCUT2D eigenvalue weighted by Crippen LogP contribution is 2.33. The molecule has 2 saturated heterocycles. The number of hydrogen-bond donors (Lipinski definition) is 2. The molecule has 2 fully saturated rings. The number of fused-ring (bicyclic) bond motifs is 2. The number of carbonyl (C=O) groups excluding carboxylic acids is 2. The van der Waals surface area contributed by atoms with E-state index in [-0.39, 0.29) is 30.1 Å². The molecule has 2 bridgehead atoms. The SMILES string of the molecule is Cc1ccccc1NC(=O)N1C[C@H]2C[C@H](C(=O)Nc3cccnc3)[C@@H](C1)O2. The van der Waals surface area contributed by atoms with Crippen LogP contribution >= 0.6 is 0 Å². The van der Waals surface area contributed by atoms with Gasteiger partial charge in [0.2, 0.25) is 5.91 Å². The van der Waals surface area contributed by atoms with Gasteiger partial charge in [0.15, 0.2) is 0 Å². The lowest BCUT2D eigenvalue weighted by Gasteiger charge is -2.32. The second-order valence-corrected chi connectivity index (χ2v) is 7.02. The Morgan fingerprint density at radius 3 is 2.78 bits per heavy atom. The number of aryl methyl sites for hydroxylation is 1. The van der Waals surface area contributed by atoms with E-state index in [1.165, 1.54) is 0 Å². The largest absolute Gasteiger partial charge is 0.370 e. The Morgan fingerprint density at radius 2 is 2.00 bits per heavy atom. The first-order valence-electron chi connectivity index (χ1n) is 9.08. The van der Waals surface area contributed by atoms with Crippen molar-refractivity contribution in [3.63, 3.8) is 0 Å². The number of ether oxygens (including phenoxy) is 1. The molecule has 0 radical (unpaired) electrons. The van der Waals surface area contributed by atoms with Crippen molar-refractivity contribution < 1.29 is 14.3 Å². The number of pyridine rings is 1. The van der Waals surface area contributed by atoms with Crippen LogP contribution in [-0.2, 0) is 9.53 Å². The van der Waals surface area contributed by atoms with Crippen LogP contribution in [-0.4, -0.2) is 47.1 Å². The fraction of sp³-hybridized carbons (Fsp3) is 0.350. The van der Waals surface area contributed by atoms with Crippen LogP contribution in [0.5, 0.6) is 0 Å². The Morgan fingerprint density at radius 1 is 1.15 bits per heavy atom. The van der Waals surface area contributed by atoms with Crippen molar-refractivity contribution in [2.45, 2.75) is 25.6 Å². The molecule has 0 spiro atoms. The molecule has 7 nitrogen and oxygen atoms in total. The van der Waals surface area contributed by atoms with Gasteiger partial charge in [0, 0.05) is 25.0 Å². The number of hydrogen-bond acceptors (Lipinski definition) is 4. The van der Waals surface area contributed by atoms with E-state index in [4.69, 9.17) is 4.74 Å². The zero-order valence-corrected chi connectivity index (χ0v) is 15.1. The van der Waals surface area contributed by atoms with Crippen molar-refractivity contribution in [2.24, 2.45) is 5.92 Å². The van der Waals surface area contributed by atoms with Gasteiger partial charge >= 0.3 is 6.03 Å². The van der Waals surface area contributed by atoms with Crippen LogP contribution in [0.4, 0.5) is 16.2 Å². The maximum atomic E-state index is 12.7. The molecule has 2 N–H and O–H groups in total. The summed E-state index contributed by atoms with van der Waals surface area (Å²) < 4.78 is 5.92. The number of morpholine rings is 1. The van der Waals surface area contributed by atoms with E-state index in [0.717, 1.165) is 11.3 Å². The molecular formula is C20H22N4O3. The van der Waals surface area contributed by atoms with Crippen LogP contribution in [0.3, 0.4) is 0 Å². The minimum atomic E-state index is -0.289. The number of amides is 3. The van der Waals surface area contributed by atoms with Gasteiger partial charge in [0.05, 0.1) is 30.0 Å². The summed E-state index contributed by atoms with van der Waals surface area (Å²) in [5.74, 6) is -0.358. The number of carbonyl (C=O) groups is 2. The molecule has 0 saturated carbocycles. The van der Waals surface area contributed by atoms with Gasteiger partial charge in [0.25, 0.3) is 0 Å². The highest BCUT2D eigenvalue weighted by Gasteiger charge is 2.45. The molecule has 0 unspecified atom stereocenters. The van der Waals surface area contributed by atoms with Gasteiger partial charge in [-0.25, -0.2) is 4.79 Å². The number of aromatic nitrogens is 1. The smallest absolute Gasteiger partial charge is 0.322 e. The summed E-state index contributed by atoms with van der Waals surface area (Å²) >= 11 is 0. The van der Waals surface area contributed by atoms with Gasteiger partial charge in [-0.15, -0.1) is 0 Å². The number of para-hydroxylation sites is 1. The average molecular weight is 366 g/mol. The van der Waals surface area contributed by atoms with Gasteiger partial charge in [-0.3, -0.25) is 9.78 Å². The van der Waals surface area contributed by atoms with E-state index in [2.05, 4.69) is 15.6 Å². The van der Waals surface area contributed by atoms with Crippen molar-refractivity contribution >= 4 is 23.3 Å². The topological polar surface area (TPSA) is 83.6 Å². The molecule has 7 heteroatoms. The molecule has 140 valence electrons. The number of nitrogens with zero attached hydrogens (tertiary/aromatic N) is 2. The van der Waals surface area contributed by atoms with Crippen LogP contribution in [0.1, 0.15) is 12.0 Å². The van der Waals surface area contributed by atoms with Crippen molar-refractivity contribution in [3.05, 3.63) is 54.4 Å². The van der Waals surface area contributed by atoms with E-state index < -0.39 is 0 Å². The summed E-state index contributed by atoms with van der Waals surface area (Å²) in [4.78, 5) is 31.0. The zero-order chi connectivity index (χ0) is 18.8. The van der Waals surface area contributed by atoms with E-state index >= 15 is 0 Å². The number of anilines is 2. The Bertz CT molecular complexity index is 842. The lowest BCUT2D eigenvalue weighted by atomic mass is 9.99. The summed E-state index contributed by atoms with van der Waals surface area (Å²) in [6, 6.07) is 11.1. The first-order valence-corrected chi connectivity index (χ1v) is 9.08. The van der Waals surface area contributed by atoms with E-state index in [0.29, 0.717) is 25.2 Å². The van der Waals surface area contributed by atoms with Crippen LogP contribution < -0.4 is 10.6 Å². The van der Waals surface area contributed by atoms with E-state index in [1.807, 2.05) is 31.2 Å². The van der Waals surface area contributed by atoms with Crippen LogP contribution in [0, 0.1) is 12.8 Å². The molecule has 2 aliphatic heterocycles. The first-order chi connectivity index (χ1) is 13.1. The lowest BCUT2D eigenvalue weighted by molar-refractivity contribution is -0.122. The highest BCUT2D eigenvalue weighted by molar-refractivity contribution is 5.93. The number of nitrogens with one attached hydrogen (secondary N) is 2. The fourth-order valence-electron chi connectivity index (χ4n) is 3.68. The molecule has 1 aromatic heterocycles. The Labute approximate surface area is 157 Å². The molecule has 3 heterocycles. The lowest BCUT2D eigenvalue weighted by Crippen LogP contribution is -2.49. The summed E-state index contributed by atoms with van der Waals surface area (Å²) in [7, 11) is 0. The van der Waals surface area contributed by atoms with Gasteiger partial charge in [-0.1, -0.05) is 18.2 Å². The first kappa shape index (κ1) is 17.5. The summed E-state index contributed by atoms with van der Waals surface area (Å²) in [6.07, 6.45) is 3.48. The van der Waals surface area contributed by atoms with Crippen LogP contribution in [0.25, 0.3) is 0 Å². The molecule has 2 aromatic rings. The molecule has 0 aliphatic carbocycles. The standard InChI is InChI=1S/C20H22N4O3/c1-13-5-2-3-7-17(13)23-20(26)24-11-15-9-16(18(12-24)27-15)19(25)22-14-6-4-8-21-10-14/h2-8,10,15-16,18H,9,11-12H2,1H3,(H,22,25)(H,23,26)/t15-,16+,18-/m1/s1. The molecular weight excluding hydrogens is 344 g/mol. The maximum absolute atomic E-state index is 12.7. The van der Waals surface area contributed by atoms with Crippen molar-refractivity contribution in [2.75, 3.05) is 23.7 Å². The predicted octanol–water partition coefficient (Wildman–Crippen LogP) is 2.65. The molecule has 1 aromatic carbocycles. The third-order valence-corrected chi connectivity index (χ3v) is 5.10. The molecule has 2 aliphatic rings. The normalized spacial score (nSPS) is 23.7. The predicted molar refractivity (Wildman–Crippen MR) is 101 cm³/mol. The Hall–Kier alpha value is -2.93. The van der Waals surface area contributed by atoms with Gasteiger partial charge < -0.3 is 20.3 Å². The number of urea groups is 1. The quantitative estimate of drug-likeness (QED) is 0.875. The number of benzene rings is 1. The average Bonchev–Trinajstić information content (AvgIpc) is 2.98. The summed E-state index contributed by atoms with van der Waals surface area (Å²) in [5.41, 5.74) is 2.47. The number of likely N-dealkylation sites (tertiary alicyclic amines) is 1. The second kappa shape index (κ2) is 7.36. The second-order valence-electron chi connectivity index (χ2n) is 7.02. The monoisotopic (exact) mass is 366 g/mol. The van der Waals surface area contributed by atoms with Gasteiger partial charge in [-0.05, 0) is 37.1 Å². The zero-order valence-electron chi connectivity index (χ0n) is 15.1. The maximum Gasteiger partial charge on any atom is 0.322 e. The van der Waals surface area contributed by atoms with Crippen LogP contribution in [0.2, 0.25) is 0 Å². The van der Waals surface area contributed by atoms with Gasteiger partial charge in [-0.2, -0.15) is 0 Å². The molecule has 4 rings (SSSR count). The van der Waals surface area contributed by atoms with Crippen molar-refractivity contribution in [1.29, 1.82) is 0 Å². The van der Waals surface area contributed by atoms with Crippen LogP contribution in [0.15, 0.2) is 48.8 Å². The molecule has 3 amide bonds. The summed E-state index contributed by atoms with van der Waals surface area (Å²) in [6.45, 7) is 2.85. The third-order valence-electron chi connectivity index (χ3n) is 5.10. The highest BCUT2D eigenvalue weighted by atomic mass is 16.5. The third kappa shape index (κ3) is 3.78. The fourth-order valence-corrected chi connectivity index (χ4v) is 3.68. The van der Waals surface area contributed by atoms with Crippen molar-refractivity contribution in [1.82, 2.24) is 9.88 Å². The molecule has 27 heavy (non-hydrogen) atoms. The van der Waals surface area contributed by atoms with E-state index in [9.17, 15) is 9.59 Å². The minimum Gasteiger partial charge on any atom is -0.370 e. The number of rotatable bonds is 3. The molecule has 3 atom stereocenters. The van der Waals surface area contributed by atoms with E-state index in [1.54, 1.807) is 29.4 Å². The Kier molecular flexibility index (Phi) is 4.77.